The third-order valence-electron chi connectivity index (χ3n) is 4.13. The fourth-order valence-electron chi connectivity index (χ4n) is 3.12. The third-order valence-corrected chi connectivity index (χ3v) is 10.5. The molecule has 0 bridgehead atoms. The molecule has 0 aliphatic rings. The quantitative estimate of drug-likeness (QED) is 0.420. The number of hydrogen-bond acceptors (Lipinski definition) is 0. The molecule has 21 heavy (non-hydrogen) atoms. The maximum atomic E-state index is 3.63. The van der Waals surface area contributed by atoms with E-state index in [1.165, 1.54) is 24.9 Å². The largest absolute Gasteiger partial charge is 0.118 e. The van der Waals surface area contributed by atoms with Crippen molar-refractivity contribution in [2.24, 2.45) is 0 Å². The van der Waals surface area contributed by atoms with Crippen molar-refractivity contribution in [3.63, 3.8) is 0 Å². The number of alkyl halides is 2. The Morgan fingerprint density at radius 2 is 1.00 bits per heavy atom. The maximum absolute atomic E-state index is 3.63. The number of hydrogen-bond donors (Lipinski definition) is 0. The van der Waals surface area contributed by atoms with Crippen LogP contribution in [0.4, 0.5) is 0 Å². The van der Waals surface area contributed by atoms with Crippen molar-refractivity contribution in [3.8, 4) is 0 Å². The summed E-state index contributed by atoms with van der Waals surface area (Å²) in [7, 11) is -1.65. The summed E-state index contributed by atoms with van der Waals surface area (Å²) in [6, 6.07) is 25.1. The first kappa shape index (κ1) is 17.0. The van der Waals surface area contributed by atoms with Crippen LogP contribution in [0.2, 0.25) is 12.1 Å². The fourth-order valence-corrected chi connectivity index (χ4v) is 9.68. The molecule has 0 N–H and O–H groups in total. The summed E-state index contributed by atoms with van der Waals surface area (Å²) in [4.78, 5) is 0. The first-order valence-electron chi connectivity index (χ1n) is 7.56. The molecule has 0 aliphatic heterocycles. The van der Waals surface area contributed by atoms with Crippen LogP contribution in [0.25, 0.3) is 0 Å². The molecule has 0 nitrogen and oxygen atoms in total. The van der Waals surface area contributed by atoms with Gasteiger partial charge >= 0.3 is 0 Å². The van der Waals surface area contributed by atoms with Crippen molar-refractivity contribution in [1.29, 1.82) is 0 Å². The highest BCUT2D eigenvalue weighted by molar-refractivity contribution is 9.09. The molecule has 0 amide bonds. The number of benzene rings is 2. The summed E-state index contributed by atoms with van der Waals surface area (Å²) in [5.41, 5.74) is 0. The summed E-state index contributed by atoms with van der Waals surface area (Å²) >= 11 is 7.26. The minimum Gasteiger partial charge on any atom is -0.0928 e. The Hall–Kier alpha value is -0.383. The smallest absolute Gasteiger partial charge is 0.0928 e. The molecule has 0 saturated carbocycles. The van der Waals surface area contributed by atoms with Gasteiger partial charge in [-0.25, -0.2) is 0 Å². The lowest BCUT2D eigenvalue weighted by Crippen LogP contribution is -2.58. The predicted molar refractivity (Wildman–Crippen MR) is 104 cm³/mol. The molecule has 112 valence electrons. The van der Waals surface area contributed by atoms with Gasteiger partial charge in [0.2, 0.25) is 0 Å². The molecule has 0 aliphatic carbocycles. The lowest BCUT2D eigenvalue weighted by Gasteiger charge is -2.33. The Bertz CT molecular complexity index is 464. The normalized spacial score (nSPS) is 11.5. The topological polar surface area (TPSA) is 0 Å². The average molecular weight is 426 g/mol. The van der Waals surface area contributed by atoms with E-state index in [-0.39, 0.29) is 0 Å². The van der Waals surface area contributed by atoms with E-state index >= 15 is 0 Å². The predicted octanol–water partition coefficient (Wildman–Crippen LogP) is 4.82. The standard InChI is InChI=1S/C18H22Br2Si/c19-13-7-15-21(16-8-14-20,17-9-3-1-4-10-17)18-11-5-2-6-12-18/h1-6,9-12H,7-8,13-16H2. The fraction of sp³-hybridized carbons (Fsp3) is 0.333. The second-order valence-corrected chi connectivity index (χ2v) is 11.3. The van der Waals surface area contributed by atoms with Crippen LogP contribution in [-0.2, 0) is 0 Å². The molecule has 0 heterocycles. The molecule has 2 aromatic carbocycles. The van der Waals surface area contributed by atoms with Gasteiger partial charge in [0.1, 0.15) is 8.07 Å². The highest BCUT2D eigenvalue weighted by atomic mass is 79.9. The van der Waals surface area contributed by atoms with Gasteiger partial charge < -0.3 is 0 Å². The molecule has 2 aromatic rings. The number of halogens is 2. The van der Waals surface area contributed by atoms with Crippen molar-refractivity contribution < 1.29 is 0 Å². The average Bonchev–Trinajstić information content (AvgIpc) is 2.57. The van der Waals surface area contributed by atoms with E-state index in [4.69, 9.17) is 0 Å². The van der Waals surface area contributed by atoms with Crippen molar-refractivity contribution in [1.82, 2.24) is 0 Å². The van der Waals surface area contributed by atoms with Crippen molar-refractivity contribution in [2.45, 2.75) is 24.9 Å². The zero-order chi connectivity index (χ0) is 15.0. The van der Waals surface area contributed by atoms with Gasteiger partial charge in [-0.3, -0.25) is 0 Å². The first-order valence-corrected chi connectivity index (χ1v) is 12.2. The van der Waals surface area contributed by atoms with E-state index in [0.29, 0.717) is 0 Å². The van der Waals surface area contributed by atoms with E-state index in [0.717, 1.165) is 10.7 Å². The molecule has 0 radical (unpaired) electrons. The van der Waals surface area contributed by atoms with E-state index < -0.39 is 8.07 Å². The molecule has 0 spiro atoms. The molecule has 0 fully saturated rings. The van der Waals surface area contributed by atoms with Crippen molar-refractivity contribution in [3.05, 3.63) is 60.7 Å². The van der Waals surface area contributed by atoms with Gasteiger partial charge in [-0.05, 0) is 24.9 Å². The highest BCUT2D eigenvalue weighted by Crippen LogP contribution is 2.22. The van der Waals surface area contributed by atoms with Crippen LogP contribution in [0.1, 0.15) is 12.8 Å². The van der Waals surface area contributed by atoms with Gasteiger partial charge in [0, 0.05) is 10.7 Å². The van der Waals surface area contributed by atoms with Crippen molar-refractivity contribution in [2.75, 3.05) is 10.7 Å². The summed E-state index contributed by atoms with van der Waals surface area (Å²) < 4.78 is 0. The monoisotopic (exact) mass is 424 g/mol. The lowest BCUT2D eigenvalue weighted by atomic mass is 10.4. The van der Waals surface area contributed by atoms with Crippen LogP contribution in [0.15, 0.2) is 60.7 Å². The van der Waals surface area contributed by atoms with Crippen LogP contribution in [0, 0.1) is 0 Å². The van der Waals surface area contributed by atoms with Crippen LogP contribution in [0.5, 0.6) is 0 Å². The third kappa shape index (κ3) is 4.30. The zero-order valence-electron chi connectivity index (χ0n) is 12.3. The Morgan fingerprint density at radius 1 is 0.619 bits per heavy atom. The van der Waals surface area contributed by atoms with Gasteiger partial charge in [-0.15, -0.1) is 0 Å². The Labute approximate surface area is 146 Å². The second-order valence-electron chi connectivity index (χ2n) is 5.40. The Kier molecular flexibility index (Phi) is 7.21. The zero-order valence-corrected chi connectivity index (χ0v) is 16.4. The summed E-state index contributed by atoms with van der Waals surface area (Å²) in [5.74, 6) is 0. The van der Waals surface area contributed by atoms with E-state index in [9.17, 15) is 0 Å². The minimum atomic E-state index is -1.65. The maximum Gasteiger partial charge on any atom is 0.118 e. The van der Waals surface area contributed by atoms with Gasteiger partial charge in [-0.1, -0.05) is 103 Å². The van der Waals surface area contributed by atoms with E-state index in [2.05, 4.69) is 92.5 Å². The summed E-state index contributed by atoms with van der Waals surface area (Å²) in [5, 5.41) is 5.35. The molecular weight excluding hydrogens is 404 g/mol. The summed E-state index contributed by atoms with van der Waals surface area (Å²) in [6.07, 6.45) is 2.50. The SMILES string of the molecule is BrCCC[Si](CCCBr)(c1ccccc1)c1ccccc1. The van der Waals surface area contributed by atoms with E-state index in [1.54, 1.807) is 10.4 Å². The molecular formula is C18H22Br2Si. The minimum absolute atomic E-state index is 1.09. The number of rotatable bonds is 8. The van der Waals surface area contributed by atoms with Crippen LogP contribution in [0.3, 0.4) is 0 Å². The molecule has 0 aromatic heterocycles. The lowest BCUT2D eigenvalue weighted by molar-refractivity contribution is 1.02. The van der Waals surface area contributed by atoms with Gasteiger partial charge in [0.05, 0.1) is 0 Å². The molecule has 2 rings (SSSR count). The van der Waals surface area contributed by atoms with Crippen LogP contribution >= 0.6 is 31.9 Å². The molecule has 0 unspecified atom stereocenters. The molecule has 0 atom stereocenters. The van der Waals surface area contributed by atoms with Crippen molar-refractivity contribution >= 4 is 50.3 Å². The Morgan fingerprint density at radius 3 is 1.33 bits per heavy atom. The highest BCUT2D eigenvalue weighted by Gasteiger charge is 2.35. The van der Waals surface area contributed by atoms with Crippen LogP contribution in [-0.4, -0.2) is 18.7 Å². The van der Waals surface area contributed by atoms with E-state index in [1.807, 2.05) is 0 Å². The second kappa shape index (κ2) is 8.91. The van der Waals surface area contributed by atoms with Gasteiger partial charge in [0.15, 0.2) is 0 Å². The van der Waals surface area contributed by atoms with Gasteiger partial charge in [0.25, 0.3) is 0 Å². The van der Waals surface area contributed by atoms with Gasteiger partial charge in [-0.2, -0.15) is 0 Å². The molecule has 3 heteroatoms. The first-order chi connectivity index (χ1) is 10.3. The molecule has 0 saturated heterocycles. The summed E-state index contributed by atoms with van der Waals surface area (Å²) in [6.45, 7) is 0. The van der Waals surface area contributed by atoms with Crippen LogP contribution < -0.4 is 10.4 Å². The Balaban J connectivity index is 2.48.